The lowest BCUT2D eigenvalue weighted by molar-refractivity contribution is 1.40. The number of nitrogens with two attached hydrogens (primary N) is 2. The maximum absolute atomic E-state index is 6.06. The van der Waals surface area contributed by atoms with Crippen molar-refractivity contribution in [3.63, 3.8) is 0 Å². The third kappa shape index (κ3) is 2.81. The van der Waals surface area contributed by atoms with E-state index in [1.807, 2.05) is 36.4 Å². The average Bonchev–Trinajstić information content (AvgIpc) is 3.18. The van der Waals surface area contributed by atoms with Crippen molar-refractivity contribution in [1.82, 2.24) is 9.97 Å². The second kappa shape index (κ2) is 6.61. The number of aromatic amines is 1. The van der Waals surface area contributed by atoms with Gasteiger partial charge in [-0.1, -0.05) is 42.5 Å². The maximum Gasteiger partial charge on any atom is 0.0724 e. The quantitative estimate of drug-likeness (QED) is 0.296. The van der Waals surface area contributed by atoms with Crippen LogP contribution in [0.25, 0.3) is 55.1 Å². The van der Waals surface area contributed by atoms with Crippen LogP contribution in [-0.2, 0) is 0 Å². The molecule has 0 bridgehead atoms. The fourth-order valence-corrected chi connectivity index (χ4v) is 4.40. The molecule has 0 atom stereocenters. The molecule has 0 aliphatic rings. The SMILES string of the molecule is Nc1ccc(-c2cc(-c3cccc(N)c3)[nH]c3ccc4nc5ccccc5c4c23)cc1. The van der Waals surface area contributed by atoms with E-state index in [1.54, 1.807) is 0 Å². The first kappa shape index (κ1) is 17.5. The van der Waals surface area contributed by atoms with E-state index in [0.29, 0.717) is 0 Å². The molecule has 2 aromatic heterocycles. The number of anilines is 2. The number of nitrogen functional groups attached to an aromatic ring is 2. The van der Waals surface area contributed by atoms with E-state index in [-0.39, 0.29) is 0 Å². The summed E-state index contributed by atoms with van der Waals surface area (Å²) >= 11 is 0. The largest absolute Gasteiger partial charge is 0.399 e. The van der Waals surface area contributed by atoms with Crippen LogP contribution < -0.4 is 11.5 Å². The molecule has 2 heterocycles. The number of aromatic nitrogens is 2. The first-order valence-electron chi connectivity index (χ1n) is 10.2. The number of rotatable bonds is 2. The summed E-state index contributed by atoms with van der Waals surface area (Å²) in [7, 11) is 0. The molecule has 0 saturated carbocycles. The number of nitrogens with one attached hydrogen (secondary N) is 1. The fraction of sp³-hybridized carbons (Fsp3) is 0. The lowest BCUT2D eigenvalue weighted by Gasteiger charge is -2.14. The Hall–Kier alpha value is -4.31. The van der Waals surface area contributed by atoms with Gasteiger partial charge in [0.05, 0.1) is 11.0 Å². The summed E-state index contributed by atoms with van der Waals surface area (Å²) < 4.78 is 0. The molecule has 0 aliphatic heterocycles. The van der Waals surface area contributed by atoms with Crippen LogP contribution in [0.5, 0.6) is 0 Å². The Morgan fingerprint density at radius 3 is 2.29 bits per heavy atom. The van der Waals surface area contributed by atoms with E-state index >= 15 is 0 Å². The number of nitrogens with zero attached hydrogens (tertiary/aromatic N) is 1. The van der Waals surface area contributed by atoms with E-state index in [9.17, 15) is 0 Å². The molecule has 6 aromatic rings. The van der Waals surface area contributed by atoms with Crippen molar-refractivity contribution >= 4 is 44.1 Å². The number of hydrogen-bond acceptors (Lipinski definition) is 3. The number of para-hydroxylation sites is 1. The molecule has 0 amide bonds. The summed E-state index contributed by atoms with van der Waals surface area (Å²) in [5.41, 5.74) is 20.9. The molecule has 148 valence electrons. The number of fused-ring (bicyclic) bond motifs is 5. The molecule has 0 fully saturated rings. The molecule has 0 saturated heterocycles. The highest BCUT2D eigenvalue weighted by atomic mass is 14.7. The number of hydrogen-bond donors (Lipinski definition) is 3. The van der Waals surface area contributed by atoms with Gasteiger partial charge in [-0.2, -0.15) is 0 Å². The van der Waals surface area contributed by atoms with Gasteiger partial charge in [-0.3, -0.25) is 0 Å². The van der Waals surface area contributed by atoms with E-state index < -0.39 is 0 Å². The van der Waals surface area contributed by atoms with Gasteiger partial charge in [0.2, 0.25) is 0 Å². The van der Waals surface area contributed by atoms with Gasteiger partial charge in [-0.25, -0.2) is 4.98 Å². The van der Waals surface area contributed by atoms with Crippen LogP contribution in [0.2, 0.25) is 0 Å². The number of H-pyrrole nitrogens is 1. The van der Waals surface area contributed by atoms with Crippen molar-refractivity contribution in [1.29, 1.82) is 0 Å². The van der Waals surface area contributed by atoms with E-state index in [0.717, 1.165) is 66.5 Å². The minimum Gasteiger partial charge on any atom is -0.399 e. The van der Waals surface area contributed by atoms with Crippen LogP contribution in [0.4, 0.5) is 11.4 Å². The lowest BCUT2D eigenvalue weighted by atomic mass is 9.95. The number of benzene rings is 4. The van der Waals surface area contributed by atoms with Gasteiger partial charge < -0.3 is 16.5 Å². The van der Waals surface area contributed by atoms with Gasteiger partial charge in [0, 0.05) is 38.7 Å². The van der Waals surface area contributed by atoms with E-state index in [4.69, 9.17) is 16.5 Å². The first-order chi connectivity index (χ1) is 15.2. The summed E-state index contributed by atoms with van der Waals surface area (Å²) in [6.07, 6.45) is 0. The van der Waals surface area contributed by atoms with Crippen LogP contribution in [0.1, 0.15) is 0 Å². The normalized spacial score (nSPS) is 11.5. The van der Waals surface area contributed by atoms with Gasteiger partial charge in [-0.05, 0) is 65.2 Å². The van der Waals surface area contributed by atoms with Crippen molar-refractivity contribution in [3.8, 4) is 22.4 Å². The van der Waals surface area contributed by atoms with Crippen LogP contribution in [0.15, 0.2) is 91.0 Å². The van der Waals surface area contributed by atoms with Crippen LogP contribution in [0, 0.1) is 0 Å². The topological polar surface area (TPSA) is 80.7 Å². The Kier molecular flexibility index (Phi) is 3.74. The third-order valence-electron chi connectivity index (χ3n) is 5.84. The molecular weight excluding hydrogens is 380 g/mol. The number of pyridine rings is 1. The van der Waals surface area contributed by atoms with Crippen molar-refractivity contribution in [3.05, 3.63) is 91.0 Å². The van der Waals surface area contributed by atoms with E-state index in [1.165, 1.54) is 0 Å². The monoisotopic (exact) mass is 400 g/mol. The lowest BCUT2D eigenvalue weighted by Crippen LogP contribution is -1.92. The summed E-state index contributed by atoms with van der Waals surface area (Å²) in [4.78, 5) is 8.49. The van der Waals surface area contributed by atoms with Crippen LogP contribution >= 0.6 is 0 Å². The Balaban J connectivity index is 1.77. The highest BCUT2D eigenvalue weighted by molar-refractivity contribution is 6.23. The smallest absolute Gasteiger partial charge is 0.0724 e. The zero-order valence-electron chi connectivity index (χ0n) is 16.8. The predicted octanol–water partition coefficient (Wildman–Crippen LogP) is 6.37. The molecule has 0 unspecified atom stereocenters. The molecule has 0 aliphatic carbocycles. The molecule has 0 spiro atoms. The summed E-state index contributed by atoms with van der Waals surface area (Å²) in [5, 5.41) is 3.48. The minimum absolute atomic E-state index is 0.738. The molecule has 4 aromatic carbocycles. The van der Waals surface area contributed by atoms with Gasteiger partial charge in [0.15, 0.2) is 0 Å². The Bertz CT molecular complexity index is 1590. The van der Waals surface area contributed by atoms with Crippen molar-refractivity contribution < 1.29 is 0 Å². The van der Waals surface area contributed by atoms with Crippen molar-refractivity contribution in [2.45, 2.75) is 0 Å². The molecule has 31 heavy (non-hydrogen) atoms. The maximum atomic E-state index is 6.06. The minimum atomic E-state index is 0.738. The molecule has 5 N–H and O–H groups in total. The van der Waals surface area contributed by atoms with Gasteiger partial charge >= 0.3 is 0 Å². The molecular formula is C27H20N4. The third-order valence-corrected chi connectivity index (χ3v) is 5.84. The first-order valence-corrected chi connectivity index (χ1v) is 10.2. The summed E-state index contributed by atoms with van der Waals surface area (Å²) in [5.74, 6) is 0. The van der Waals surface area contributed by atoms with Crippen LogP contribution in [0.3, 0.4) is 0 Å². The standard InChI is InChI=1S/C27H20N4/c28-18-10-8-16(9-11-18)21-15-25(17-4-3-5-19(29)14-17)31-24-13-12-23-26(27(21)24)20-6-1-2-7-22(20)30-23/h1-15,31H,28-29H2. The molecule has 6 rings (SSSR count). The Morgan fingerprint density at radius 1 is 0.613 bits per heavy atom. The molecule has 4 heteroatoms. The second-order valence-corrected chi connectivity index (χ2v) is 7.86. The van der Waals surface area contributed by atoms with Gasteiger partial charge in [-0.15, -0.1) is 0 Å². The second-order valence-electron chi connectivity index (χ2n) is 7.86. The average molecular weight is 400 g/mol. The Morgan fingerprint density at radius 2 is 1.45 bits per heavy atom. The highest BCUT2D eigenvalue weighted by Gasteiger charge is 2.15. The van der Waals surface area contributed by atoms with Gasteiger partial charge in [0.25, 0.3) is 0 Å². The molecule has 4 nitrogen and oxygen atoms in total. The Labute approximate surface area is 179 Å². The fourth-order valence-electron chi connectivity index (χ4n) is 4.40. The zero-order valence-corrected chi connectivity index (χ0v) is 16.8. The van der Waals surface area contributed by atoms with Crippen LogP contribution in [-0.4, -0.2) is 9.97 Å². The predicted molar refractivity (Wildman–Crippen MR) is 131 cm³/mol. The summed E-state index contributed by atoms with van der Waals surface area (Å²) in [6.45, 7) is 0. The highest BCUT2D eigenvalue weighted by Crippen LogP contribution is 2.39. The van der Waals surface area contributed by atoms with Crippen molar-refractivity contribution in [2.24, 2.45) is 0 Å². The zero-order chi connectivity index (χ0) is 20.9. The summed E-state index contributed by atoms with van der Waals surface area (Å²) in [6, 6.07) is 30.7. The van der Waals surface area contributed by atoms with Crippen molar-refractivity contribution in [2.75, 3.05) is 11.5 Å². The molecule has 0 radical (unpaired) electrons. The van der Waals surface area contributed by atoms with E-state index in [2.05, 4.69) is 59.6 Å². The van der Waals surface area contributed by atoms with Gasteiger partial charge in [0.1, 0.15) is 0 Å².